The molecule has 0 spiro atoms. The molecule has 29 heavy (non-hydrogen) atoms. The van der Waals surface area contributed by atoms with Crippen molar-refractivity contribution in [2.45, 2.75) is 26.4 Å². The maximum absolute atomic E-state index is 13.6. The Morgan fingerprint density at radius 3 is 2.69 bits per heavy atom. The molecule has 4 N–H and O–H groups in total. The lowest BCUT2D eigenvalue weighted by Crippen LogP contribution is -2.41. The van der Waals surface area contributed by atoms with Crippen LogP contribution in [0.25, 0.3) is 0 Å². The molecule has 0 bridgehead atoms. The number of benzene rings is 1. The third-order valence-corrected chi connectivity index (χ3v) is 6.46. The minimum absolute atomic E-state index is 0.0939. The van der Waals surface area contributed by atoms with Gasteiger partial charge in [-0.25, -0.2) is 17.8 Å². The maximum atomic E-state index is 13.6. The molecule has 1 atom stereocenters. The van der Waals surface area contributed by atoms with E-state index in [9.17, 15) is 17.9 Å². The fraction of sp³-hybridized carbons (Fsp3) is 0.421. The lowest BCUT2D eigenvalue weighted by atomic mass is 10.1. The predicted molar refractivity (Wildman–Crippen MR) is 116 cm³/mol. The van der Waals surface area contributed by atoms with Gasteiger partial charge in [0.15, 0.2) is 5.96 Å². The number of aliphatic imine (C=N–C) groups is 1. The summed E-state index contributed by atoms with van der Waals surface area (Å²) in [6.07, 6.45) is 0. The fourth-order valence-corrected chi connectivity index (χ4v) is 4.17. The molecule has 0 fully saturated rings. The van der Waals surface area contributed by atoms with Crippen LogP contribution < -0.4 is 15.4 Å². The highest BCUT2D eigenvalue weighted by Gasteiger charge is 2.24. The summed E-state index contributed by atoms with van der Waals surface area (Å²) in [5, 5.41) is 18.4. The zero-order valence-electron chi connectivity index (χ0n) is 16.7. The third kappa shape index (κ3) is 7.30. The number of nitrogens with one attached hydrogen (secondary N) is 3. The number of nitrogens with zero attached hydrogens (tertiary/aromatic N) is 1. The van der Waals surface area contributed by atoms with Crippen molar-refractivity contribution in [3.8, 4) is 0 Å². The molecule has 0 saturated heterocycles. The zero-order chi connectivity index (χ0) is 21.5. The van der Waals surface area contributed by atoms with Crippen molar-refractivity contribution in [1.82, 2.24) is 10.6 Å². The summed E-state index contributed by atoms with van der Waals surface area (Å²) in [7, 11) is -3.66. The molecular weight excluding hydrogens is 415 g/mol. The van der Waals surface area contributed by atoms with E-state index in [4.69, 9.17) is 0 Å². The van der Waals surface area contributed by atoms with Crippen molar-refractivity contribution in [2.75, 3.05) is 30.1 Å². The molecule has 0 radical (unpaired) electrons. The number of rotatable bonds is 9. The highest BCUT2D eigenvalue weighted by atomic mass is 32.2. The van der Waals surface area contributed by atoms with Crippen LogP contribution in [0.2, 0.25) is 0 Å². The van der Waals surface area contributed by atoms with Gasteiger partial charge in [0.1, 0.15) is 11.4 Å². The number of hydrogen-bond acceptors (Lipinski definition) is 5. The van der Waals surface area contributed by atoms with Crippen LogP contribution in [0.5, 0.6) is 0 Å². The molecule has 1 unspecified atom stereocenters. The fourth-order valence-electron chi connectivity index (χ4n) is 2.43. The van der Waals surface area contributed by atoms with E-state index in [1.165, 1.54) is 23.5 Å². The van der Waals surface area contributed by atoms with E-state index < -0.39 is 21.4 Å². The van der Waals surface area contributed by atoms with Gasteiger partial charge in [0, 0.05) is 18.0 Å². The first-order valence-electron chi connectivity index (χ1n) is 9.18. The zero-order valence-corrected chi connectivity index (χ0v) is 18.3. The van der Waals surface area contributed by atoms with Crippen LogP contribution >= 0.6 is 11.3 Å². The van der Waals surface area contributed by atoms with Crippen molar-refractivity contribution in [3.05, 3.63) is 52.0 Å². The molecule has 0 aliphatic carbocycles. The Morgan fingerprint density at radius 1 is 1.31 bits per heavy atom. The molecule has 0 aliphatic heterocycles. The molecule has 1 aromatic carbocycles. The SMILES string of the molecule is CCNC(=NCC(C)(O)c1cccs1)NCCS(=O)(=O)Nc1ccc(C)c(F)c1. The second-order valence-electron chi connectivity index (χ2n) is 6.76. The van der Waals surface area contributed by atoms with Gasteiger partial charge < -0.3 is 15.7 Å². The van der Waals surface area contributed by atoms with Gasteiger partial charge >= 0.3 is 0 Å². The van der Waals surface area contributed by atoms with Gasteiger partial charge in [0.2, 0.25) is 10.0 Å². The van der Waals surface area contributed by atoms with Crippen LogP contribution in [0.1, 0.15) is 24.3 Å². The van der Waals surface area contributed by atoms with Gasteiger partial charge in [-0.1, -0.05) is 12.1 Å². The highest BCUT2D eigenvalue weighted by molar-refractivity contribution is 7.92. The van der Waals surface area contributed by atoms with Crippen molar-refractivity contribution < 1.29 is 17.9 Å². The smallest absolute Gasteiger partial charge is 0.234 e. The normalized spacial score (nSPS) is 14.3. The van der Waals surface area contributed by atoms with Crippen LogP contribution in [-0.2, 0) is 15.6 Å². The van der Waals surface area contributed by atoms with E-state index in [1.807, 2.05) is 24.4 Å². The number of aryl methyl sites for hydroxylation is 1. The minimum Gasteiger partial charge on any atom is -0.383 e. The molecule has 1 aromatic heterocycles. The summed E-state index contributed by atoms with van der Waals surface area (Å²) in [4.78, 5) is 5.15. The Balaban J connectivity index is 1.93. The molecule has 0 amide bonds. The number of thiophene rings is 1. The van der Waals surface area contributed by atoms with Crippen molar-refractivity contribution >= 4 is 33.0 Å². The number of sulfonamides is 1. The minimum atomic E-state index is -3.66. The van der Waals surface area contributed by atoms with Crippen LogP contribution in [0.15, 0.2) is 40.7 Å². The average Bonchev–Trinajstić information content (AvgIpc) is 3.18. The molecule has 0 aliphatic rings. The Hall–Kier alpha value is -2.17. The summed E-state index contributed by atoms with van der Waals surface area (Å²) in [6.45, 7) is 5.97. The predicted octanol–water partition coefficient (Wildman–Crippen LogP) is 2.40. The van der Waals surface area contributed by atoms with E-state index in [0.717, 1.165) is 10.9 Å². The summed E-state index contributed by atoms with van der Waals surface area (Å²) < 4.78 is 40.4. The molecule has 7 nitrogen and oxygen atoms in total. The third-order valence-electron chi connectivity index (χ3n) is 4.05. The number of aliphatic hydroxyl groups is 1. The van der Waals surface area contributed by atoms with E-state index in [-0.39, 0.29) is 24.5 Å². The number of hydrogen-bond donors (Lipinski definition) is 4. The topological polar surface area (TPSA) is 103 Å². The van der Waals surface area contributed by atoms with Crippen molar-refractivity contribution in [3.63, 3.8) is 0 Å². The van der Waals surface area contributed by atoms with E-state index in [1.54, 1.807) is 13.8 Å². The van der Waals surface area contributed by atoms with Gasteiger partial charge in [-0.2, -0.15) is 0 Å². The summed E-state index contributed by atoms with van der Waals surface area (Å²) in [6, 6.07) is 7.88. The number of guanidine groups is 1. The van der Waals surface area contributed by atoms with Crippen LogP contribution in [0.3, 0.4) is 0 Å². The molecule has 0 saturated carbocycles. The van der Waals surface area contributed by atoms with Gasteiger partial charge in [0.25, 0.3) is 0 Å². The Morgan fingerprint density at radius 2 is 2.07 bits per heavy atom. The summed E-state index contributed by atoms with van der Waals surface area (Å²) in [5.74, 6) is -0.294. The lowest BCUT2D eigenvalue weighted by molar-refractivity contribution is 0.0711. The van der Waals surface area contributed by atoms with Crippen molar-refractivity contribution in [1.29, 1.82) is 0 Å². The molecule has 2 aromatic rings. The molecular formula is C19H27FN4O3S2. The summed E-state index contributed by atoms with van der Waals surface area (Å²) in [5.41, 5.74) is -0.486. The molecule has 10 heteroatoms. The second-order valence-corrected chi connectivity index (χ2v) is 9.55. The van der Waals surface area contributed by atoms with E-state index >= 15 is 0 Å². The summed E-state index contributed by atoms with van der Waals surface area (Å²) >= 11 is 1.44. The first kappa shape index (κ1) is 23.1. The maximum Gasteiger partial charge on any atom is 0.234 e. The van der Waals surface area contributed by atoms with E-state index in [2.05, 4.69) is 20.3 Å². The first-order valence-corrected chi connectivity index (χ1v) is 11.7. The van der Waals surface area contributed by atoms with Gasteiger partial charge in [-0.15, -0.1) is 11.3 Å². The Labute approximate surface area is 175 Å². The van der Waals surface area contributed by atoms with Crippen molar-refractivity contribution in [2.24, 2.45) is 4.99 Å². The van der Waals surface area contributed by atoms with Gasteiger partial charge in [0.05, 0.1) is 18.0 Å². The van der Waals surface area contributed by atoms with Crippen LogP contribution in [-0.4, -0.2) is 44.9 Å². The molecule has 160 valence electrons. The first-order chi connectivity index (χ1) is 13.6. The second kappa shape index (κ2) is 10.0. The van der Waals surface area contributed by atoms with Gasteiger partial charge in [-0.3, -0.25) is 4.72 Å². The van der Waals surface area contributed by atoms with E-state index in [0.29, 0.717) is 18.1 Å². The molecule has 1 heterocycles. The Kier molecular flexibility index (Phi) is 8.00. The largest absolute Gasteiger partial charge is 0.383 e. The number of halogens is 1. The van der Waals surface area contributed by atoms with Crippen LogP contribution in [0, 0.1) is 12.7 Å². The quantitative estimate of drug-likeness (QED) is 0.353. The average molecular weight is 443 g/mol. The lowest BCUT2D eigenvalue weighted by Gasteiger charge is -2.20. The standard InChI is InChI=1S/C19H27FN4O3S2/c1-4-21-18(23-13-19(3,25)17-6-5-10-28-17)22-9-11-29(26,27)24-15-8-7-14(2)16(20)12-15/h5-8,10,12,24-25H,4,9,11,13H2,1-3H3,(H2,21,22,23). The van der Waals surface area contributed by atoms with Gasteiger partial charge in [-0.05, 0) is 49.9 Å². The molecule has 2 rings (SSSR count). The highest BCUT2D eigenvalue weighted by Crippen LogP contribution is 2.25. The number of anilines is 1. The monoisotopic (exact) mass is 442 g/mol. The Bertz CT molecular complexity index is 929. The van der Waals surface area contributed by atoms with Crippen LogP contribution in [0.4, 0.5) is 10.1 Å².